The molecule has 0 unspecified atom stereocenters. The van der Waals surface area contributed by atoms with Crippen molar-refractivity contribution in [2.24, 2.45) is 0 Å². The van der Waals surface area contributed by atoms with Crippen molar-refractivity contribution in [3.8, 4) is 17.1 Å². The number of H-pyrrole nitrogens is 1. The van der Waals surface area contributed by atoms with Gasteiger partial charge in [0, 0.05) is 24.4 Å². The Morgan fingerprint density at radius 2 is 2.18 bits per heavy atom. The zero-order valence-corrected chi connectivity index (χ0v) is 19.0. The molecule has 0 spiro atoms. The average Bonchev–Trinajstić information content (AvgIpc) is 3.22. The summed E-state index contributed by atoms with van der Waals surface area (Å²) in [5.41, 5.74) is 3.37. The molecular weight excluding hydrogens is 441 g/mol. The molecule has 4 heterocycles. The standard InChI is InChI=1S/C24H26FN5O4/c1-13-26-7-6-17(28-13)21-22(29-18-5-3-4-16(25)23(18)32-2)19-20(30-21)14(11-27-24(19)31)10-15-12-33-8-9-34-15/h3-7,14-15,29-30H,8-12H2,1-2H3,(H,27,31)/t14-,15-/m0/s1. The summed E-state index contributed by atoms with van der Waals surface area (Å²) in [5, 5.41) is 6.23. The third kappa shape index (κ3) is 4.22. The number of carbonyl (C=O) groups excluding carboxylic acids is 1. The van der Waals surface area contributed by atoms with E-state index in [2.05, 4.69) is 25.6 Å². The van der Waals surface area contributed by atoms with E-state index in [4.69, 9.17) is 14.2 Å². The average molecular weight is 468 g/mol. The molecule has 1 aromatic carbocycles. The minimum atomic E-state index is -0.506. The summed E-state index contributed by atoms with van der Waals surface area (Å²) in [5.74, 6) is -0.103. The summed E-state index contributed by atoms with van der Waals surface area (Å²) < 4.78 is 31.1. The van der Waals surface area contributed by atoms with E-state index in [1.54, 1.807) is 31.3 Å². The third-order valence-electron chi connectivity index (χ3n) is 6.07. The lowest BCUT2D eigenvalue weighted by atomic mass is 9.91. The van der Waals surface area contributed by atoms with Gasteiger partial charge in [-0.15, -0.1) is 0 Å². The van der Waals surface area contributed by atoms with Gasteiger partial charge in [0.05, 0.1) is 61.4 Å². The van der Waals surface area contributed by atoms with Crippen molar-refractivity contribution >= 4 is 17.3 Å². The summed E-state index contributed by atoms with van der Waals surface area (Å²) in [6.07, 6.45) is 2.28. The first kappa shape index (κ1) is 22.3. The second-order valence-electron chi connectivity index (χ2n) is 8.31. The van der Waals surface area contributed by atoms with Crippen LogP contribution in [-0.2, 0) is 9.47 Å². The largest absolute Gasteiger partial charge is 0.492 e. The highest BCUT2D eigenvalue weighted by Gasteiger charge is 2.35. The van der Waals surface area contributed by atoms with Crippen LogP contribution in [0.3, 0.4) is 0 Å². The fraction of sp³-hybridized carbons (Fsp3) is 0.375. The highest BCUT2D eigenvalue weighted by Crippen LogP contribution is 2.42. The maximum Gasteiger partial charge on any atom is 0.255 e. The zero-order valence-electron chi connectivity index (χ0n) is 19.0. The number of carbonyl (C=O) groups is 1. The number of aromatic amines is 1. The smallest absolute Gasteiger partial charge is 0.255 e. The van der Waals surface area contributed by atoms with Gasteiger partial charge in [-0.3, -0.25) is 4.79 Å². The number of amides is 1. The first-order chi connectivity index (χ1) is 16.5. The molecule has 0 saturated carbocycles. The lowest BCUT2D eigenvalue weighted by Gasteiger charge is -2.29. The Kier molecular flexibility index (Phi) is 6.16. The number of rotatable bonds is 6. The number of anilines is 2. The minimum Gasteiger partial charge on any atom is -0.492 e. The maximum atomic E-state index is 14.4. The molecule has 2 aromatic heterocycles. The molecule has 1 fully saturated rings. The second kappa shape index (κ2) is 9.40. The predicted octanol–water partition coefficient (Wildman–Crippen LogP) is 3.30. The van der Waals surface area contributed by atoms with Crippen molar-refractivity contribution in [1.82, 2.24) is 20.3 Å². The molecule has 5 rings (SSSR count). The van der Waals surface area contributed by atoms with Gasteiger partial charge in [-0.1, -0.05) is 6.07 Å². The monoisotopic (exact) mass is 467 g/mol. The number of fused-ring (bicyclic) bond motifs is 1. The van der Waals surface area contributed by atoms with E-state index in [1.165, 1.54) is 13.2 Å². The molecule has 3 aromatic rings. The molecule has 2 atom stereocenters. The van der Waals surface area contributed by atoms with Gasteiger partial charge in [-0.25, -0.2) is 14.4 Å². The summed E-state index contributed by atoms with van der Waals surface area (Å²) in [7, 11) is 1.40. The third-order valence-corrected chi connectivity index (χ3v) is 6.07. The number of aromatic nitrogens is 3. The van der Waals surface area contributed by atoms with Crippen molar-refractivity contribution in [1.29, 1.82) is 0 Å². The molecule has 1 amide bonds. The lowest BCUT2D eigenvalue weighted by Crippen LogP contribution is -2.38. The number of ether oxygens (including phenoxy) is 3. The molecule has 1 saturated heterocycles. The van der Waals surface area contributed by atoms with Crippen LogP contribution >= 0.6 is 0 Å². The molecule has 0 bridgehead atoms. The van der Waals surface area contributed by atoms with Gasteiger partial charge >= 0.3 is 0 Å². The Morgan fingerprint density at radius 1 is 1.29 bits per heavy atom. The highest BCUT2D eigenvalue weighted by atomic mass is 19.1. The Morgan fingerprint density at radius 3 is 2.94 bits per heavy atom. The molecule has 2 aliphatic heterocycles. The van der Waals surface area contributed by atoms with Crippen molar-refractivity contribution in [3.63, 3.8) is 0 Å². The molecule has 34 heavy (non-hydrogen) atoms. The Hall–Kier alpha value is -3.50. The van der Waals surface area contributed by atoms with Gasteiger partial charge in [0.1, 0.15) is 5.82 Å². The van der Waals surface area contributed by atoms with Crippen LogP contribution in [0.15, 0.2) is 30.5 Å². The SMILES string of the molecule is COc1c(F)cccc1Nc1c(-c2ccnc(C)n2)[nH]c2c1C(=O)NC[C@@H]2C[C@H]1COCCO1. The zero-order chi connectivity index (χ0) is 23.7. The van der Waals surface area contributed by atoms with E-state index in [1.807, 2.05) is 0 Å². The number of aryl methyl sites for hydroxylation is 1. The number of benzene rings is 1. The van der Waals surface area contributed by atoms with Crippen LogP contribution in [0.4, 0.5) is 15.8 Å². The van der Waals surface area contributed by atoms with E-state index in [0.29, 0.717) is 66.9 Å². The maximum absolute atomic E-state index is 14.4. The van der Waals surface area contributed by atoms with Crippen LogP contribution in [-0.4, -0.2) is 60.4 Å². The number of nitrogens with one attached hydrogen (secondary N) is 3. The number of halogens is 1. The van der Waals surface area contributed by atoms with E-state index in [0.717, 1.165) is 5.69 Å². The summed E-state index contributed by atoms with van der Waals surface area (Å²) in [6, 6.07) is 6.36. The molecule has 2 aliphatic rings. The van der Waals surface area contributed by atoms with E-state index in [9.17, 15) is 9.18 Å². The van der Waals surface area contributed by atoms with Crippen molar-refractivity contribution in [2.75, 3.05) is 38.8 Å². The normalized spacial score (nSPS) is 19.9. The number of para-hydroxylation sites is 1. The summed E-state index contributed by atoms with van der Waals surface area (Å²) >= 11 is 0. The van der Waals surface area contributed by atoms with Gasteiger partial charge < -0.3 is 29.8 Å². The number of methoxy groups -OCH3 is 1. The van der Waals surface area contributed by atoms with Crippen LogP contribution in [0.2, 0.25) is 0 Å². The van der Waals surface area contributed by atoms with Crippen LogP contribution in [0.1, 0.15) is 34.2 Å². The fourth-order valence-corrected chi connectivity index (χ4v) is 4.52. The molecule has 3 N–H and O–H groups in total. The minimum absolute atomic E-state index is 0.0222. The van der Waals surface area contributed by atoms with Crippen molar-refractivity contribution in [3.05, 3.63) is 53.4 Å². The lowest BCUT2D eigenvalue weighted by molar-refractivity contribution is -0.0928. The van der Waals surface area contributed by atoms with E-state index in [-0.39, 0.29) is 23.7 Å². The van der Waals surface area contributed by atoms with E-state index < -0.39 is 5.82 Å². The molecule has 0 radical (unpaired) electrons. The topological polar surface area (TPSA) is 110 Å². The molecule has 10 heteroatoms. The van der Waals surface area contributed by atoms with Crippen LogP contribution in [0.5, 0.6) is 5.75 Å². The molecule has 9 nitrogen and oxygen atoms in total. The Balaban J connectivity index is 1.62. The Labute approximate surface area is 196 Å². The predicted molar refractivity (Wildman–Crippen MR) is 123 cm³/mol. The second-order valence-corrected chi connectivity index (χ2v) is 8.31. The number of hydrogen-bond acceptors (Lipinski definition) is 7. The molecular formula is C24H26FN5O4. The van der Waals surface area contributed by atoms with Gasteiger partial charge in [0.15, 0.2) is 11.6 Å². The summed E-state index contributed by atoms with van der Waals surface area (Å²) in [6.45, 7) is 3.93. The van der Waals surface area contributed by atoms with Crippen molar-refractivity contribution in [2.45, 2.75) is 25.4 Å². The van der Waals surface area contributed by atoms with Gasteiger partial charge in [0.2, 0.25) is 0 Å². The van der Waals surface area contributed by atoms with E-state index >= 15 is 0 Å². The van der Waals surface area contributed by atoms with Gasteiger partial charge in [-0.05, 0) is 31.5 Å². The van der Waals surface area contributed by atoms with Crippen LogP contribution < -0.4 is 15.4 Å². The van der Waals surface area contributed by atoms with Crippen LogP contribution in [0, 0.1) is 12.7 Å². The van der Waals surface area contributed by atoms with Crippen molar-refractivity contribution < 1.29 is 23.4 Å². The Bertz CT molecular complexity index is 1210. The molecule has 178 valence electrons. The van der Waals surface area contributed by atoms with Gasteiger partial charge in [-0.2, -0.15) is 0 Å². The first-order valence-electron chi connectivity index (χ1n) is 11.2. The summed E-state index contributed by atoms with van der Waals surface area (Å²) in [4.78, 5) is 25.3. The fourth-order valence-electron chi connectivity index (χ4n) is 4.52. The number of nitrogens with zero attached hydrogens (tertiary/aromatic N) is 2. The highest BCUT2D eigenvalue weighted by molar-refractivity contribution is 6.06. The first-order valence-corrected chi connectivity index (χ1v) is 11.2. The number of hydrogen-bond donors (Lipinski definition) is 3. The van der Waals surface area contributed by atoms with Gasteiger partial charge in [0.25, 0.3) is 5.91 Å². The molecule has 0 aliphatic carbocycles. The quantitative estimate of drug-likeness (QED) is 0.510. The van der Waals surface area contributed by atoms with Crippen LogP contribution in [0.25, 0.3) is 11.4 Å².